The first-order valence-electron chi connectivity index (χ1n) is 11.5. The van der Waals surface area contributed by atoms with Gasteiger partial charge in [0.1, 0.15) is 18.0 Å². The molecule has 0 aliphatic heterocycles. The summed E-state index contributed by atoms with van der Waals surface area (Å²) in [6.45, 7) is 3.23. The Morgan fingerprint density at radius 1 is 0.838 bits per heavy atom. The molecular weight excluding hydrogens is 496 g/mol. The van der Waals surface area contributed by atoms with E-state index in [9.17, 15) is 13.2 Å². The lowest BCUT2D eigenvalue weighted by Gasteiger charge is -2.26. The number of nitrogens with one attached hydrogen (secondary N) is 1. The smallest absolute Gasteiger partial charge is 0.264 e. The summed E-state index contributed by atoms with van der Waals surface area (Å²) in [4.78, 5) is 13.2. The van der Waals surface area contributed by atoms with Gasteiger partial charge in [0.15, 0.2) is 11.5 Å². The van der Waals surface area contributed by atoms with Gasteiger partial charge in [0.05, 0.1) is 45.1 Å². The summed E-state index contributed by atoms with van der Waals surface area (Å²) in [6, 6.07) is 16.0. The quantitative estimate of drug-likeness (QED) is 0.400. The highest BCUT2D eigenvalue weighted by Gasteiger charge is 2.29. The molecule has 0 aliphatic carbocycles. The lowest BCUT2D eigenvalue weighted by atomic mass is 10.1. The summed E-state index contributed by atoms with van der Waals surface area (Å²) >= 11 is 0. The van der Waals surface area contributed by atoms with E-state index in [0.29, 0.717) is 28.5 Å². The maximum absolute atomic E-state index is 13.8. The molecule has 37 heavy (non-hydrogen) atoms. The number of carbonyl (C=O) groups excluding carboxylic acids is 1. The minimum absolute atomic E-state index is 0.0407. The van der Waals surface area contributed by atoms with Gasteiger partial charge in [0.2, 0.25) is 5.91 Å². The average Bonchev–Trinajstić information content (AvgIpc) is 2.91. The normalized spacial score (nSPS) is 11.8. The Hall–Kier alpha value is -3.92. The molecule has 1 amide bonds. The number of aryl methyl sites for hydroxylation is 1. The van der Waals surface area contributed by atoms with Crippen molar-refractivity contribution in [3.8, 4) is 23.0 Å². The second-order valence-electron chi connectivity index (χ2n) is 8.26. The number of hydrogen-bond acceptors (Lipinski definition) is 7. The number of methoxy groups -OCH3 is 4. The number of hydrogen-bond donors (Lipinski definition) is 1. The summed E-state index contributed by atoms with van der Waals surface area (Å²) in [6.07, 6.45) is 0. The van der Waals surface area contributed by atoms with Gasteiger partial charge in [0, 0.05) is 11.6 Å². The van der Waals surface area contributed by atoms with Gasteiger partial charge in [-0.2, -0.15) is 0 Å². The van der Waals surface area contributed by atoms with E-state index in [2.05, 4.69) is 5.32 Å². The SMILES string of the molecule is COc1ccc(OC)c(C(C)NC(=O)CN(c2ccc(C)cc2)S(=O)(=O)c2ccc(OC)c(OC)c2)c1. The zero-order valence-corrected chi connectivity index (χ0v) is 22.6. The lowest BCUT2D eigenvalue weighted by Crippen LogP contribution is -2.41. The van der Waals surface area contributed by atoms with E-state index in [4.69, 9.17) is 18.9 Å². The Bertz CT molecular complexity index is 1340. The molecule has 0 heterocycles. The van der Waals surface area contributed by atoms with Gasteiger partial charge in [-0.3, -0.25) is 9.10 Å². The predicted octanol–water partition coefficient (Wildman–Crippen LogP) is 4.10. The van der Waals surface area contributed by atoms with Gasteiger partial charge >= 0.3 is 0 Å². The number of anilines is 1. The van der Waals surface area contributed by atoms with E-state index >= 15 is 0 Å². The number of ether oxygens (including phenoxy) is 4. The van der Waals surface area contributed by atoms with Crippen LogP contribution < -0.4 is 28.6 Å². The van der Waals surface area contributed by atoms with Gasteiger partial charge in [-0.1, -0.05) is 17.7 Å². The molecule has 0 spiro atoms. The monoisotopic (exact) mass is 528 g/mol. The summed E-state index contributed by atoms with van der Waals surface area (Å²) in [5, 5.41) is 2.87. The number of nitrogens with zero attached hydrogens (tertiary/aromatic N) is 1. The van der Waals surface area contributed by atoms with Crippen LogP contribution in [-0.2, 0) is 14.8 Å². The van der Waals surface area contributed by atoms with Crippen LogP contribution >= 0.6 is 0 Å². The molecule has 0 saturated carbocycles. The summed E-state index contributed by atoms with van der Waals surface area (Å²) in [5.74, 6) is 1.33. The standard InChI is InChI=1S/C27H32N2O7S/c1-18-7-9-20(10-8-18)29(37(31,32)22-12-14-25(35-5)26(16-22)36-6)17-27(30)28-19(2)23-15-21(33-3)11-13-24(23)34-4/h7-16,19H,17H2,1-6H3,(H,28,30). The van der Waals surface area contributed by atoms with E-state index in [1.54, 1.807) is 56.5 Å². The molecule has 0 bridgehead atoms. The molecule has 0 radical (unpaired) electrons. The first-order chi connectivity index (χ1) is 17.6. The van der Waals surface area contributed by atoms with Crippen molar-refractivity contribution in [3.05, 3.63) is 71.8 Å². The molecule has 0 aromatic heterocycles. The van der Waals surface area contributed by atoms with Crippen LogP contribution in [0.3, 0.4) is 0 Å². The molecule has 9 nitrogen and oxygen atoms in total. The first-order valence-corrected chi connectivity index (χ1v) is 12.9. The van der Waals surface area contributed by atoms with Gasteiger partial charge < -0.3 is 24.3 Å². The van der Waals surface area contributed by atoms with Crippen LogP contribution in [0, 0.1) is 6.92 Å². The molecule has 198 valence electrons. The molecule has 1 N–H and O–H groups in total. The van der Waals surface area contributed by atoms with E-state index in [1.165, 1.54) is 39.5 Å². The molecule has 0 fully saturated rings. The number of carbonyl (C=O) groups is 1. The fourth-order valence-electron chi connectivity index (χ4n) is 3.80. The van der Waals surface area contributed by atoms with Crippen molar-refractivity contribution in [1.82, 2.24) is 5.32 Å². The third-order valence-electron chi connectivity index (χ3n) is 5.83. The fraction of sp³-hybridized carbons (Fsp3) is 0.296. The maximum Gasteiger partial charge on any atom is 0.264 e. The first kappa shape index (κ1) is 27.7. The number of rotatable bonds is 11. The fourth-order valence-corrected chi connectivity index (χ4v) is 5.24. The van der Waals surface area contributed by atoms with E-state index in [-0.39, 0.29) is 10.6 Å². The number of sulfonamides is 1. The highest BCUT2D eigenvalue weighted by molar-refractivity contribution is 7.92. The molecule has 0 saturated heterocycles. The average molecular weight is 529 g/mol. The summed E-state index contributed by atoms with van der Waals surface area (Å²) in [5.41, 5.74) is 2.00. The van der Waals surface area contributed by atoms with Crippen molar-refractivity contribution >= 4 is 21.6 Å². The van der Waals surface area contributed by atoms with Crippen LogP contribution in [0.2, 0.25) is 0 Å². The Morgan fingerprint density at radius 2 is 1.46 bits per heavy atom. The highest BCUT2D eigenvalue weighted by Crippen LogP contribution is 2.33. The van der Waals surface area contributed by atoms with Crippen molar-refractivity contribution in [2.75, 3.05) is 39.3 Å². The third kappa shape index (κ3) is 6.26. The van der Waals surface area contributed by atoms with Crippen molar-refractivity contribution in [3.63, 3.8) is 0 Å². The van der Waals surface area contributed by atoms with Crippen molar-refractivity contribution in [1.29, 1.82) is 0 Å². The Balaban J connectivity index is 1.95. The summed E-state index contributed by atoms with van der Waals surface area (Å²) < 4.78 is 49.9. The minimum Gasteiger partial charge on any atom is -0.497 e. The Labute approximate surface area is 218 Å². The predicted molar refractivity (Wildman–Crippen MR) is 141 cm³/mol. The van der Waals surface area contributed by atoms with E-state index in [1.807, 2.05) is 6.92 Å². The zero-order chi connectivity index (χ0) is 27.2. The van der Waals surface area contributed by atoms with Crippen molar-refractivity contribution in [2.45, 2.75) is 24.8 Å². The second-order valence-corrected chi connectivity index (χ2v) is 10.1. The molecular formula is C27H32N2O7S. The van der Waals surface area contributed by atoms with Gasteiger partial charge in [0.25, 0.3) is 10.0 Å². The van der Waals surface area contributed by atoms with Crippen molar-refractivity contribution in [2.24, 2.45) is 0 Å². The molecule has 3 aromatic carbocycles. The molecule has 3 rings (SSSR count). The van der Waals surface area contributed by atoms with Gasteiger partial charge in [-0.15, -0.1) is 0 Å². The molecule has 1 unspecified atom stereocenters. The minimum atomic E-state index is -4.15. The zero-order valence-electron chi connectivity index (χ0n) is 21.8. The Morgan fingerprint density at radius 3 is 2.05 bits per heavy atom. The Kier molecular flexibility index (Phi) is 8.88. The van der Waals surface area contributed by atoms with Crippen LogP contribution in [0.5, 0.6) is 23.0 Å². The van der Waals surface area contributed by atoms with Gasteiger partial charge in [-0.05, 0) is 56.3 Å². The van der Waals surface area contributed by atoms with Crippen LogP contribution in [0.1, 0.15) is 24.1 Å². The van der Waals surface area contributed by atoms with Crippen LogP contribution in [-0.4, -0.2) is 49.3 Å². The molecule has 10 heteroatoms. The maximum atomic E-state index is 13.8. The van der Waals surface area contributed by atoms with Gasteiger partial charge in [-0.25, -0.2) is 8.42 Å². The largest absolute Gasteiger partial charge is 0.497 e. The lowest BCUT2D eigenvalue weighted by molar-refractivity contribution is -0.120. The van der Waals surface area contributed by atoms with Crippen LogP contribution in [0.15, 0.2) is 65.6 Å². The van der Waals surface area contributed by atoms with E-state index < -0.39 is 28.5 Å². The third-order valence-corrected chi connectivity index (χ3v) is 7.60. The number of benzene rings is 3. The molecule has 3 aromatic rings. The summed E-state index contributed by atoms with van der Waals surface area (Å²) in [7, 11) is 1.82. The molecule has 1 atom stereocenters. The topological polar surface area (TPSA) is 103 Å². The van der Waals surface area contributed by atoms with Crippen LogP contribution in [0.25, 0.3) is 0 Å². The number of amides is 1. The van der Waals surface area contributed by atoms with E-state index in [0.717, 1.165) is 9.87 Å². The molecule has 0 aliphatic rings. The van der Waals surface area contributed by atoms with Crippen molar-refractivity contribution < 1.29 is 32.2 Å². The van der Waals surface area contributed by atoms with Crippen LogP contribution in [0.4, 0.5) is 5.69 Å². The second kappa shape index (κ2) is 11.9. The highest BCUT2D eigenvalue weighted by atomic mass is 32.2.